The first-order chi connectivity index (χ1) is 17.1. The van der Waals surface area contributed by atoms with E-state index in [-0.39, 0.29) is 12.5 Å². The lowest BCUT2D eigenvalue weighted by Crippen LogP contribution is -2.49. The van der Waals surface area contributed by atoms with Crippen LogP contribution in [0.3, 0.4) is 0 Å². The molecule has 180 valence electrons. The highest BCUT2D eigenvalue weighted by atomic mass is 35.5. The number of aromatic nitrogens is 2. The summed E-state index contributed by atoms with van der Waals surface area (Å²) in [6.45, 7) is 4.32. The smallest absolute Gasteiger partial charge is 0.260 e. The molecule has 0 N–H and O–H groups in total. The van der Waals surface area contributed by atoms with Gasteiger partial charge in [0.25, 0.3) is 5.91 Å². The summed E-state index contributed by atoms with van der Waals surface area (Å²) < 4.78 is 7.92. The maximum atomic E-state index is 12.7. The van der Waals surface area contributed by atoms with Gasteiger partial charge in [0.15, 0.2) is 6.61 Å². The summed E-state index contributed by atoms with van der Waals surface area (Å²) in [6.07, 6.45) is 0. The van der Waals surface area contributed by atoms with Crippen molar-refractivity contribution in [3.8, 4) is 5.75 Å². The predicted molar refractivity (Wildman–Crippen MR) is 139 cm³/mol. The second-order valence-corrected chi connectivity index (χ2v) is 9.45. The average Bonchev–Trinajstić information content (AvgIpc) is 3.21. The highest BCUT2D eigenvalue weighted by Gasteiger charge is 2.23. The van der Waals surface area contributed by atoms with Gasteiger partial charge in [-0.15, -0.1) is 0 Å². The molecule has 5 rings (SSSR count). The maximum absolute atomic E-state index is 12.7. The summed E-state index contributed by atoms with van der Waals surface area (Å²) >= 11 is 12.1. The van der Waals surface area contributed by atoms with Crippen LogP contribution in [0.5, 0.6) is 5.75 Å². The molecule has 4 aromatic rings. The molecular weight excluding hydrogens is 483 g/mol. The Kier molecular flexibility index (Phi) is 7.23. The fourth-order valence-electron chi connectivity index (χ4n) is 4.37. The Hall–Kier alpha value is -3.06. The van der Waals surface area contributed by atoms with Crippen LogP contribution in [-0.2, 0) is 17.9 Å². The Balaban J connectivity index is 1.21. The molecule has 2 heterocycles. The van der Waals surface area contributed by atoms with Crippen molar-refractivity contribution in [3.63, 3.8) is 0 Å². The fraction of sp³-hybridized carbons (Fsp3) is 0.259. The molecule has 0 unspecified atom stereocenters. The highest BCUT2D eigenvalue weighted by molar-refractivity contribution is 6.35. The molecule has 0 aliphatic carbocycles. The van der Waals surface area contributed by atoms with Gasteiger partial charge >= 0.3 is 0 Å². The van der Waals surface area contributed by atoms with E-state index < -0.39 is 0 Å². The van der Waals surface area contributed by atoms with E-state index in [4.69, 9.17) is 32.9 Å². The zero-order chi connectivity index (χ0) is 24.2. The Bertz CT molecular complexity index is 1320. The number of rotatable bonds is 7. The van der Waals surface area contributed by atoms with E-state index in [0.717, 1.165) is 43.0 Å². The number of benzene rings is 3. The number of carbonyl (C=O) groups excluding carboxylic acids is 1. The first-order valence-corrected chi connectivity index (χ1v) is 12.4. The summed E-state index contributed by atoms with van der Waals surface area (Å²) in [5.41, 5.74) is 3.39. The number of carbonyl (C=O) groups is 1. The monoisotopic (exact) mass is 508 g/mol. The molecule has 1 saturated heterocycles. The lowest BCUT2D eigenvalue weighted by Gasteiger charge is -2.34. The van der Waals surface area contributed by atoms with E-state index in [1.54, 1.807) is 18.2 Å². The number of hydrogen-bond acceptors (Lipinski definition) is 4. The number of nitrogens with zero attached hydrogens (tertiary/aromatic N) is 4. The minimum absolute atomic E-state index is 0.0474. The standard InChI is InChI=1S/C27H26Cl2N4O2/c28-21-10-11-25(22(29)16-21)35-19-27(34)32-14-12-31(13-15-32)18-26-30-23-8-4-5-9-24(23)33(26)17-20-6-2-1-3-7-20/h1-11,16H,12-15,17-19H2. The van der Waals surface area contributed by atoms with Crippen LogP contribution in [-0.4, -0.2) is 58.0 Å². The highest BCUT2D eigenvalue weighted by Crippen LogP contribution is 2.27. The summed E-state index contributed by atoms with van der Waals surface area (Å²) in [5.74, 6) is 1.45. The molecule has 8 heteroatoms. The van der Waals surface area contributed by atoms with Gasteiger partial charge in [-0.25, -0.2) is 4.98 Å². The SMILES string of the molecule is O=C(COc1ccc(Cl)cc1Cl)N1CCN(Cc2nc3ccccc3n2Cc2ccccc2)CC1. The molecular formula is C27H26Cl2N4O2. The van der Waals surface area contributed by atoms with Crippen LogP contribution >= 0.6 is 23.2 Å². The van der Waals surface area contributed by atoms with Crippen LogP contribution in [0.1, 0.15) is 11.4 Å². The number of amides is 1. The van der Waals surface area contributed by atoms with Gasteiger partial charge in [-0.3, -0.25) is 9.69 Å². The summed E-state index contributed by atoms with van der Waals surface area (Å²) in [5, 5.41) is 0.926. The Morgan fingerprint density at radius 2 is 1.63 bits per heavy atom. The topological polar surface area (TPSA) is 50.6 Å². The first-order valence-electron chi connectivity index (χ1n) is 11.6. The van der Waals surface area contributed by atoms with Crippen molar-refractivity contribution in [2.45, 2.75) is 13.1 Å². The summed E-state index contributed by atoms with van der Waals surface area (Å²) in [7, 11) is 0. The third-order valence-corrected chi connectivity index (χ3v) is 6.78. The molecule has 0 bridgehead atoms. The zero-order valence-corrected chi connectivity index (χ0v) is 20.8. The van der Waals surface area contributed by atoms with Gasteiger partial charge in [-0.2, -0.15) is 0 Å². The quantitative estimate of drug-likeness (QED) is 0.347. The molecule has 1 amide bonds. The van der Waals surface area contributed by atoms with Crippen LogP contribution in [0, 0.1) is 0 Å². The van der Waals surface area contributed by atoms with E-state index >= 15 is 0 Å². The number of para-hydroxylation sites is 2. The van der Waals surface area contributed by atoms with Gasteiger partial charge in [0, 0.05) is 37.7 Å². The molecule has 0 atom stereocenters. The lowest BCUT2D eigenvalue weighted by molar-refractivity contribution is -0.135. The number of piperazine rings is 1. The summed E-state index contributed by atoms with van der Waals surface area (Å²) in [6, 6.07) is 23.7. The Morgan fingerprint density at radius 1 is 0.886 bits per heavy atom. The van der Waals surface area contributed by atoms with Gasteiger partial charge in [0.05, 0.1) is 22.6 Å². The van der Waals surface area contributed by atoms with Crippen LogP contribution in [0.4, 0.5) is 0 Å². The van der Waals surface area contributed by atoms with Crippen LogP contribution < -0.4 is 4.74 Å². The number of fused-ring (bicyclic) bond motifs is 1. The van der Waals surface area contributed by atoms with Crippen LogP contribution in [0.15, 0.2) is 72.8 Å². The van der Waals surface area contributed by atoms with E-state index in [1.807, 2.05) is 17.0 Å². The predicted octanol–water partition coefficient (Wildman–Crippen LogP) is 5.11. The van der Waals surface area contributed by atoms with Crippen molar-refractivity contribution < 1.29 is 9.53 Å². The molecule has 0 saturated carbocycles. The van der Waals surface area contributed by atoms with E-state index in [0.29, 0.717) is 28.9 Å². The fourth-order valence-corrected chi connectivity index (χ4v) is 4.83. The molecule has 1 aromatic heterocycles. The number of hydrogen-bond donors (Lipinski definition) is 0. The number of imidazole rings is 1. The van der Waals surface area contributed by atoms with Crippen LogP contribution in [0.25, 0.3) is 11.0 Å². The Morgan fingerprint density at radius 3 is 2.40 bits per heavy atom. The number of ether oxygens (including phenoxy) is 1. The molecule has 35 heavy (non-hydrogen) atoms. The molecule has 1 aliphatic heterocycles. The zero-order valence-electron chi connectivity index (χ0n) is 19.2. The van der Waals surface area contributed by atoms with Gasteiger partial charge in [-0.05, 0) is 35.9 Å². The largest absolute Gasteiger partial charge is 0.482 e. The molecule has 1 aliphatic rings. The van der Waals surface area contributed by atoms with Crippen molar-refractivity contribution in [1.29, 1.82) is 0 Å². The molecule has 0 spiro atoms. The second kappa shape index (κ2) is 10.7. The first kappa shape index (κ1) is 23.7. The van der Waals surface area contributed by atoms with Gasteiger partial charge < -0.3 is 14.2 Å². The number of halogens is 2. The maximum Gasteiger partial charge on any atom is 0.260 e. The minimum atomic E-state index is -0.0491. The van der Waals surface area contributed by atoms with Crippen molar-refractivity contribution >= 4 is 40.1 Å². The van der Waals surface area contributed by atoms with E-state index in [1.165, 1.54) is 5.56 Å². The normalized spacial score (nSPS) is 14.4. The average molecular weight is 509 g/mol. The molecule has 3 aromatic carbocycles. The van der Waals surface area contributed by atoms with Gasteiger partial charge in [0.1, 0.15) is 11.6 Å². The van der Waals surface area contributed by atoms with Crippen molar-refractivity contribution in [2.24, 2.45) is 0 Å². The minimum Gasteiger partial charge on any atom is -0.482 e. The summed E-state index contributed by atoms with van der Waals surface area (Å²) in [4.78, 5) is 21.8. The van der Waals surface area contributed by atoms with Crippen molar-refractivity contribution in [3.05, 3.63) is 94.2 Å². The van der Waals surface area contributed by atoms with E-state index in [9.17, 15) is 4.79 Å². The van der Waals surface area contributed by atoms with Gasteiger partial charge in [0.2, 0.25) is 0 Å². The van der Waals surface area contributed by atoms with Crippen LogP contribution in [0.2, 0.25) is 10.0 Å². The Labute approximate surface area is 214 Å². The molecule has 6 nitrogen and oxygen atoms in total. The molecule has 1 fully saturated rings. The van der Waals surface area contributed by atoms with Crippen molar-refractivity contribution in [1.82, 2.24) is 19.4 Å². The molecule has 0 radical (unpaired) electrons. The van der Waals surface area contributed by atoms with E-state index in [2.05, 4.69) is 51.9 Å². The van der Waals surface area contributed by atoms with Crippen molar-refractivity contribution in [2.75, 3.05) is 32.8 Å². The van der Waals surface area contributed by atoms with Gasteiger partial charge in [-0.1, -0.05) is 65.7 Å². The lowest BCUT2D eigenvalue weighted by atomic mass is 10.2. The third kappa shape index (κ3) is 5.61. The third-order valence-electron chi connectivity index (χ3n) is 6.25. The second-order valence-electron chi connectivity index (χ2n) is 8.61.